The first-order valence-electron chi connectivity index (χ1n) is 30.6. The van der Waals surface area contributed by atoms with Gasteiger partial charge in [-0.2, -0.15) is 0 Å². The molecule has 0 aromatic rings. The number of carbonyl (C=O) groups is 3. The van der Waals surface area contributed by atoms with Gasteiger partial charge in [-0.25, -0.2) is 0 Å². The Morgan fingerprint density at radius 2 is 0.542 bits per heavy atom. The molecule has 0 N–H and O–H groups in total. The SMILES string of the molecule is CC/C=C\C/C=C\C/C=C\C/C=C\CCCCCCCCC(=O)OC(COC(=O)CCCCCCCC)COC(=O)CCCCCCCCCCCCCCCC/C=C\C/C=C\C/C=C\CCCCCCC. The summed E-state index contributed by atoms with van der Waals surface area (Å²) in [5.41, 5.74) is 0. The number of rotatable bonds is 55. The van der Waals surface area contributed by atoms with Crippen LogP contribution in [0.1, 0.15) is 297 Å². The normalized spacial score (nSPS) is 12.7. The lowest BCUT2D eigenvalue weighted by Gasteiger charge is -2.18. The highest BCUT2D eigenvalue weighted by Gasteiger charge is 2.19. The van der Waals surface area contributed by atoms with Gasteiger partial charge in [0, 0.05) is 19.3 Å². The number of allylic oxidation sites excluding steroid dienone is 14. The second-order valence-corrected chi connectivity index (χ2v) is 20.2. The van der Waals surface area contributed by atoms with Crippen molar-refractivity contribution >= 4 is 17.9 Å². The van der Waals surface area contributed by atoms with Crippen molar-refractivity contribution in [1.29, 1.82) is 0 Å². The van der Waals surface area contributed by atoms with Crippen molar-refractivity contribution < 1.29 is 28.6 Å². The fraction of sp³-hybridized carbons (Fsp3) is 0.742. The quantitative estimate of drug-likeness (QED) is 0.0261. The lowest BCUT2D eigenvalue weighted by Crippen LogP contribution is -2.30. The van der Waals surface area contributed by atoms with Crippen LogP contribution in [0.3, 0.4) is 0 Å². The molecule has 1 unspecified atom stereocenters. The molecular formula is C66H114O6. The van der Waals surface area contributed by atoms with E-state index in [4.69, 9.17) is 14.2 Å². The fourth-order valence-corrected chi connectivity index (χ4v) is 8.56. The van der Waals surface area contributed by atoms with Crippen molar-refractivity contribution in [1.82, 2.24) is 0 Å². The van der Waals surface area contributed by atoms with Gasteiger partial charge in [-0.05, 0) is 96.3 Å². The van der Waals surface area contributed by atoms with Crippen LogP contribution >= 0.6 is 0 Å². The van der Waals surface area contributed by atoms with Crippen LogP contribution in [0.4, 0.5) is 0 Å². The van der Waals surface area contributed by atoms with Gasteiger partial charge < -0.3 is 14.2 Å². The van der Waals surface area contributed by atoms with Crippen LogP contribution in [0, 0.1) is 0 Å². The molecule has 0 rings (SSSR count). The zero-order chi connectivity index (χ0) is 52.2. The molecule has 72 heavy (non-hydrogen) atoms. The zero-order valence-electron chi connectivity index (χ0n) is 47.4. The maximum Gasteiger partial charge on any atom is 0.306 e. The highest BCUT2D eigenvalue weighted by atomic mass is 16.6. The van der Waals surface area contributed by atoms with E-state index in [1.54, 1.807) is 0 Å². The van der Waals surface area contributed by atoms with Crippen LogP contribution in [-0.4, -0.2) is 37.2 Å². The van der Waals surface area contributed by atoms with Crippen molar-refractivity contribution in [3.63, 3.8) is 0 Å². The average molecular weight is 1000 g/mol. The molecule has 414 valence electrons. The summed E-state index contributed by atoms with van der Waals surface area (Å²) in [7, 11) is 0. The third kappa shape index (κ3) is 57.5. The van der Waals surface area contributed by atoms with Crippen LogP contribution in [-0.2, 0) is 28.6 Å². The minimum atomic E-state index is -0.781. The van der Waals surface area contributed by atoms with E-state index >= 15 is 0 Å². The number of hydrogen-bond donors (Lipinski definition) is 0. The van der Waals surface area contributed by atoms with E-state index in [1.165, 1.54) is 148 Å². The van der Waals surface area contributed by atoms with Crippen LogP contribution in [0.25, 0.3) is 0 Å². The first kappa shape index (κ1) is 68.6. The van der Waals surface area contributed by atoms with Crippen molar-refractivity contribution in [2.24, 2.45) is 0 Å². The second kappa shape index (κ2) is 60.1. The summed E-state index contributed by atoms with van der Waals surface area (Å²) >= 11 is 0. The Balaban J connectivity index is 4.09. The molecule has 0 spiro atoms. The van der Waals surface area contributed by atoms with Crippen LogP contribution in [0.15, 0.2) is 85.1 Å². The third-order valence-corrected chi connectivity index (χ3v) is 13.1. The number of carbonyl (C=O) groups excluding carboxylic acids is 3. The first-order chi connectivity index (χ1) is 35.5. The minimum absolute atomic E-state index is 0.0813. The van der Waals surface area contributed by atoms with Gasteiger partial charge in [0.15, 0.2) is 6.10 Å². The number of unbranched alkanes of at least 4 members (excludes halogenated alkanes) is 30. The average Bonchev–Trinajstić information content (AvgIpc) is 3.38. The summed E-state index contributed by atoms with van der Waals surface area (Å²) < 4.78 is 16.8. The number of hydrogen-bond acceptors (Lipinski definition) is 6. The van der Waals surface area contributed by atoms with Gasteiger partial charge in [0.2, 0.25) is 0 Å². The van der Waals surface area contributed by atoms with Gasteiger partial charge in [-0.15, -0.1) is 0 Å². The maximum absolute atomic E-state index is 12.8. The molecule has 6 nitrogen and oxygen atoms in total. The van der Waals surface area contributed by atoms with Gasteiger partial charge in [0.05, 0.1) is 0 Å². The van der Waals surface area contributed by atoms with Crippen LogP contribution in [0.2, 0.25) is 0 Å². The number of esters is 3. The van der Waals surface area contributed by atoms with E-state index in [1.807, 2.05) is 0 Å². The van der Waals surface area contributed by atoms with Crippen molar-refractivity contribution in [2.75, 3.05) is 13.2 Å². The lowest BCUT2D eigenvalue weighted by atomic mass is 10.0. The lowest BCUT2D eigenvalue weighted by molar-refractivity contribution is -0.167. The van der Waals surface area contributed by atoms with Crippen molar-refractivity contribution in [3.05, 3.63) is 85.1 Å². The Morgan fingerprint density at radius 3 is 0.847 bits per heavy atom. The summed E-state index contributed by atoms with van der Waals surface area (Å²) in [5.74, 6) is -0.899. The summed E-state index contributed by atoms with van der Waals surface area (Å²) in [6.45, 7) is 6.46. The molecule has 0 fully saturated rings. The molecule has 0 aliphatic carbocycles. The number of ether oxygens (including phenoxy) is 3. The summed E-state index contributed by atoms with van der Waals surface area (Å²) in [6.07, 6.45) is 79.1. The standard InChI is InChI=1S/C66H114O6/c1-4-7-10-13-16-18-20-22-24-26-28-29-30-31-32-33-34-35-36-37-39-40-42-44-46-48-50-53-56-59-65(68)71-62-63(61-70-64(67)58-55-52-15-12-9-6-3)72-66(69)60-57-54-51-49-47-45-43-41-38-27-25-23-21-19-17-14-11-8-5-2/h8,11,17,19-20,22-23,25-26,28,30-31,38,41,63H,4-7,9-10,12-16,18,21,24,27,29,32-37,39-40,42-62H2,1-3H3/b11-8-,19-17-,22-20-,25-23-,28-26-,31-30-,41-38-. The molecule has 0 saturated carbocycles. The Bertz CT molecular complexity index is 1380. The van der Waals surface area contributed by atoms with E-state index in [-0.39, 0.29) is 31.1 Å². The highest BCUT2D eigenvalue weighted by Crippen LogP contribution is 2.16. The Labute approximate surface area is 445 Å². The molecule has 0 aliphatic rings. The Hall–Kier alpha value is -3.41. The summed E-state index contributed by atoms with van der Waals surface area (Å²) in [4.78, 5) is 37.9. The first-order valence-corrected chi connectivity index (χ1v) is 30.6. The molecule has 0 heterocycles. The Morgan fingerprint density at radius 1 is 0.292 bits per heavy atom. The Kier molecular flexibility index (Phi) is 57.3. The summed E-state index contributed by atoms with van der Waals surface area (Å²) in [5, 5.41) is 0. The molecule has 0 bridgehead atoms. The molecule has 6 heteroatoms. The van der Waals surface area contributed by atoms with E-state index in [2.05, 4.69) is 106 Å². The van der Waals surface area contributed by atoms with Crippen molar-refractivity contribution in [3.8, 4) is 0 Å². The smallest absolute Gasteiger partial charge is 0.306 e. The predicted molar refractivity (Wildman–Crippen MR) is 311 cm³/mol. The van der Waals surface area contributed by atoms with Crippen LogP contribution < -0.4 is 0 Å². The van der Waals surface area contributed by atoms with Gasteiger partial charge in [0.25, 0.3) is 0 Å². The van der Waals surface area contributed by atoms with E-state index < -0.39 is 6.10 Å². The van der Waals surface area contributed by atoms with E-state index in [9.17, 15) is 14.4 Å². The zero-order valence-corrected chi connectivity index (χ0v) is 47.4. The molecule has 0 aromatic heterocycles. The summed E-state index contributed by atoms with van der Waals surface area (Å²) in [6, 6.07) is 0. The molecule has 0 saturated heterocycles. The largest absolute Gasteiger partial charge is 0.462 e. The van der Waals surface area contributed by atoms with Gasteiger partial charge >= 0.3 is 17.9 Å². The molecule has 1 atom stereocenters. The third-order valence-electron chi connectivity index (χ3n) is 13.1. The second-order valence-electron chi connectivity index (χ2n) is 20.2. The van der Waals surface area contributed by atoms with Gasteiger partial charge in [0.1, 0.15) is 13.2 Å². The highest BCUT2D eigenvalue weighted by molar-refractivity contribution is 5.71. The molecular weight excluding hydrogens is 889 g/mol. The van der Waals surface area contributed by atoms with E-state index in [0.717, 1.165) is 109 Å². The fourth-order valence-electron chi connectivity index (χ4n) is 8.56. The predicted octanol–water partition coefficient (Wildman–Crippen LogP) is 20.7. The topological polar surface area (TPSA) is 78.9 Å². The maximum atomic E-state index is 12.8. The molecule has 0 radical (unpaired) electrons. The minimum Gasteiger partial charge on any atom is -0.462 e. The van der Waals surface area contributed by atoms with Gasteiger partial charge in [-0.3, -0.25) is 14.4 Å². The van der Waals surface area contributed by atoms with E-state index in [0.29, 0.717) is 19.3 Å². The molecule has 0 aromatic carbocycles. The van der Waals surface area contributed by atoms with Crippen molar-refractivity contribution in [2.45, 2.75) is 303 Å². The van der Waals surface area contributed by atoms with Gasteiger partial charge in [-0.1, -0.05) is 266 Å². The monoisotopic (exact) mass is 1000 g/mol. The molecule has 0 aliphatic heterocycles. The van der Waals surface area contributed by atoms with Crippen LogP contribution in [0.5, 0.6) is 0 Å². The molecule has 0 amide bonds.